The lowest BCUT2D eigenvalue weighted by Crippen LogP contribution is -2.35. The Morgan fingerprint density at radius 2 is 2.00 bits per heavy atom. The number of aryl methyl sites for hydroxylation is 1. The van der Waals surface area contributed by atoms with Crippen molar-refractivity contribution in [2.45, 2.75) is 33.6 Å². The highest BCUT2D eigenvalue weighted by Gasteiger charge is 2.45. The van der Waals surface area contributed by atoms with E-state index in [1.807, 2.05) is 0 Å². The van der Waals surface area contributed by atoms with Gasteiger partial charge in [-0.05, 0) is 48.8 Å². The van der Waals surface area contributed by atoms with E-state index in [1.54, 1.807) is 19.1 Å². The molecule has 1 aromatic carbocycles. The number of benzene rings is 1. The second-order valence-electron chi connectivity index (χ2n) is 6.16. The molecule has 114 valence electrons. The van der Waals surface area contributed by atoms with Gasteiger partial charge in [0.2, 0.25) is 0 Å². The Morgan fingerprint density at radius 1 is 1.33 bits per heavy atom. The van der Waals surface area contributed by atoms with Crippen LogP contribution in [-0.2, 0) is 0 Å². The number of amides is 2. The minimum Gasteiger partial charge on any atom is -0.478 e. The van der Waals surface area contributed by atoms with Crippen LogP contribution in [0.4, 0.5) is 10.5 Å². The minimum atomic E-state index is -0.992. The van der Waals surface area contributed by atoms with E-state index in [1.165, 1.54) is 6.07 Å². The molecule has 0 saturated heterocycles. The van der Waals surface area contributed by atoms with Gasteiger partial charge >= 0.3 is 12.0 Å². The monoisotopic (exact) mass is 290 g/mol. The molecule has 2 rings (SSSR count). The van der Waals surface area contributed by atoms with Gasteiger partial charge in [-0.1, -0.05) is 19.9 Å². The number of anilines is 1. The van der Waals surface area contributed by atoms with Crippen LogP contribution in [0, 0.1) is 18.3 Å². The highest BCUT2D eigenvalue weighted by Crippen LogP contribution is 2.51. The summed E-state index contributed by atoms with van der Waals surface area (Å²) in [5, 5.41) is 14.6. The molecule has 5 heteroatoms. The van der Waals surface area contributed by atoms with Crippen molar-refractivity contribution in [1.82, 2.24) is 5.32 Å². The molecule has 1 fully saturated rings. The summed E-state index contributed by atoms with van der Waals surface area (Å²) in [7, 11) is 0. The van der Waals surface area contributed by atoms with Gasteiger partial charge in [-0.3, -0.25) is 0 Å². The van der Waals surface area contributed by atoms with Gasteiger partial charge in [0.15, 0.2) is 0 Å². The van der Waals surface area contributed by atoms with Crippen LogP contribution in [0.1, 0.15) is 42.6 Å². The zero-order chi connectivity index (χ0) is 15.6. The number of hydrogen-bond donors (Lipinski definition) is 3. The van der Waals surface area contributed by atoms with Gasteiger partial charge in [0.1, 0.15) is 0 Å². The van der Waals surface area contributed by atoms with E-state index in [-0.39, 0.29) is 17.0 Å². The molecule has 0 radical (unpaired) electrons. The number of carboxylic acids is 1. The molecule has 1 aliphatic carbocycles. The number of aromatic carboxylic acids is 1. The van der Waals surface area contributed by atoms with Crippen LogP contribution in [-0.4, -0.2) is 23.7 Å². The molecule has 0 aromatic heterocycles. The molecule has 0 atom stereocenters. The fourth-order valence-corrected chi connectivity index (χ4v) is 2.48. The highest BCUT2D eigenvalue weighted by molar-refractivity contribution is 5.94. The quantitative estimate of drug-likeness (QED) is 0.779. The summed E-state index contributed by atoms with van der Waals surface area (Å²) >= 11 is 0. The van der Waals surface area contributed by atoms with Gasteiger partial charge in [-0.15, -0.1) is 0 Å². The second kappa shape index (κ2) is 5.76. The van der Waals surface area contributed by atoms with Crippen molar-refractivity contribution in [3.05, 3.63) is 29.3 Å². The molecule has 0 bridgehead atoms. The van der Waals surface area contributed by atoms with Gasteiger partial charge in [0, 0.05) is 12.2 Å². The predicted molar refractivity (Wildman–Crippen MR) is 81.7 cm³/mol. The van der Waals surface area contributed by atoms with Gasteiger partial charge in [0.05, 0.1) is 5.56 Å². The number of carbonyl (C=O) groups excluding carboxylic acids is 1. The lowest BCUT2D eigenvalue weighted by Gasteiger charge is -2.20. The average molecular weight is 290 g/mol. The summed E-state index contributed by atoms with van der Waals surface area (Å²) in [6, 6.07) is 4.58. The Morgan fingerprint density at radius 3 is 2.52 bits per heavy atom. The molecule has 0 heterocycles. The molecule has 5 nitrogen and oxygen atoms in total. The van der Waals surface area contributed by atoms with Crippen LogP contribution in [0.3, 0.4) is 0 Å². The van der Waals surface area contributed by atoms with Crippen molar-refractivity contribution < 1.29 is 14.7 Å². The predicted octanol–water partition coefficient (Wildman–Crippen LogP) is 3.25. The van der Waals surface area contributed by atoms with E-state index in [0.29, 0.717) is 23.7 Å². The van der Waals surface area contributed by atoms with E-state index >= 15 is 0 Å². The Bertz CT molecular complexity index is 563. The Kier molecular flexibility index (Phi) is 4.21. The van der Waals surface area contributed by atoms with Gasteiger partial charge < -0.3 is 15.7 Å². The Balaban J connectivity index is 1.94. The maximum Gasteiger partial charge on any atom is 0.336 e. The van der Waals surface area contributed by atoms with Crippen LogP contribution in [0.15, 0.2) is 18.2 Å². The largest absolute Gasteiger partial charge is 0.478 e. The molecule has 2 amide bonds. The summed E-state index contributed by atoms with van der Waals surface area (Å²) in [4.78, 5) is 23.0. The van der Waals surface area contributed by atoms with Crippen LogP contribution < -0.4 is 10.6 Å². The van der Waals surface area contributed by atoms with E-state index < -0.39 is 5.97 Å². The summed E-state index contributed by atoms with van der Waals surface area (Å²) in [6.45, 7) is 6.73. The summed E-state index contributed by atoms with van der Waals surface area (Å²) in [5.74, 6) is -0.441. The van der Waals surface area contributed by atoms with Crippen molar-refractivity contribution >= 4 is 17.7 Å². The van der Waals surface area contributed by atoms with Gasteiger partial charge in [-0.25, -0.2) is 9.59 Å². The van der Waals surface area contributed by atoms with Crippen molar-refractivity contribution in [3.63, 3.8) is 0 Å². The van der Waals surface area contributed by atoms with Crippen LogP contribution in [0.2, 0.25) is 0 Å². The SMILES string of the molecule is Cc1ccc(NC(=O)NCC2(C(C)C)CC2)cc1C(=O)O. The van der Waals surface area contributed by atoms with E-state index in [4.69, 9.17) is 5.11 Å². The van der Waals surface area contributed by atoms with Gasteiger partial charge in [-0.2, -0.15) is 0 Å². The number of carbonyl (C=O) groups is 2. The standard InChI is InChI=1S/C16H22N2O3/c1-10(2)16(6-7-16)9-17-15(21)18-12-5-4-11(3)13(8-12)14(19)20/h4-5,8,10H,6-7,9H2,1-3H3,(H,19,20)(H2,17,18,21). The summed E-state index contributed by atoms with van der Waals surface area (Å²) in [6.07, 6.45) is 2.30. The first-order valence-electron chi connectivity index (χ1n) is 7.23. The Hall–Kier alpha value is -2.04. The summed E-state index contributed by atoms with van der Waals surface area (Å²) in [5.41, 5.74) is 1.61. The number of carboxylic acid groups (broad SMARTS) is 1. The number of nitrogens with one attached hydrogen (secondary N) is 2. The summed E-state index contributed by atoms with van der Waals surface area (Å²) < 4.78 is 0. The molecule has 0 unspecified atom stereocenters. The van der Waals surface area contributed by atoms with Crippen molar-refractivity contribution in [1.29, 1.82) is 0 Å². The Labute approximate surface area is 124 Å². The topological polar surface area (TPSA) is 78.4 Å². The van der Waals surface area contributed by atoms with Crippen molar-refractivity contribution in [3.8, 4) is 0 Å². The smallest absolute Gasteiger partial charge is 0.336 e. The number of urea groups is 1. The maximum atomic E-state index is 11.9. The van der Waals surface area contributed by atoms with Crippen LogP contribution in [0.5, 0.6) is 0 Å². The number of rotatable bonds is 5. The molecule has 1 saturated carbocycles. The maximum absolute atomic E-state index is 11.9. The fraction of sp³-hybridized carbons (Fsp3) is 0.500. The molecule has 1 aromatic rings. The van der Waals surface area contributed by atoms with E-state index in [0.717, 1.165) is 12.8 Å². The molecule has 0 spiro atoms. The molecule has 0 aliphatic heterocycles. The lowest BCUT2D eigenvalue weighted by molar-refractivity contribution is 0.0696. The number of hydrogen-bond acceptors (Lipinski definition) is 2. The third-order valence-corrected chi connectivity index (χ3v) is 4.44. The first kappa shape index (κ1) is 15.4. The fourth-order valence-electron chi connectivity index (χ4n) is 2.48. The lowest BCUT2D eigenvalue weighted by atomic mass is 9.92. The van der Waals surface area contributed by atoms with E-state index in [9.17, 15) is 9.59 Å². The molecule has 3 N–H and O–H groups in total. The third kappa shape index (κ3) is 3.54. The highest BCUT2D eigenvalue weighted by atomic mass is 16.4. The zero-order valence-corrected chi connectivity index (χ0v) is 12.7. The van der Waals surface area contributed by atoms with Crippen LogP contribution >= 0.6 is 0 Å². The minimum absolute atomic E-state index is 0.202. The van der Waals surface area contributed by atoms with Gasteiger partial charge in [0.25, 0.3) is 0 Å². The molecule has 1 aliphatic rings. The first-order chi connectivity index (χ1) is 9.84. The zero-order valence-electron chi connectivity index (χ0n) is 12.7. The van der Waals surface area contributed by atoms with Crippen molar-refractivity contribution in [2.24, 2.45) is 11.3 Å². The molecular formula is C16H22N2O3. The molecular weight excluding hydrogens is 268 g/mol. The normalized spacial score (nSPS) is 15.6. The first-order valence-corrected chi connectivity index (χ1v) is 7.23. The van der Waals surface area contributed by atoms with E-state index in [2.05, 4.69) is 24.5 Å². The van der Waals surface area contributed by atoms with Crippen LogP contribution in [0.25, 0.3) is 0 Å². The molecule has 21 heavy (non-hydrogen) atoms. The average Bonchev–Trinajstić information content (AvgIpc) is 3.19. The second-order valence-corrected chi connectivity index (χ2v) is 6.16. The van der Waals surface area contributed by atoms with Crippen molar-refractivity contribution in [2.75, 3.05) is 11.9 Å². The third-order valence-electron chi connectivity index (χ3n) is 4.44.